The van der Waals surface area contributed by atoms with Crippen molar-refractivity contribution in [2.24, 2.45) is 0 Å². The molecule has 9 heavy (non-hydrogen) atoms. The van der Waals surface area contributed by atoms with Gasteiger partial charge >= 0.3 is 0 Å². The van der Waals surface area contributed by atoms with E-state index in [1.54, 1.807) is 23.5 Å². The number of rotatable bonds is 1. The second-order valence-corrected chi connectivity index (χ2v) is 5.55. The van der Waals surface area contributed by atoms with E-state index in [1.165, 1.54) is 4.91 Å². The standard InChI is InChI=1S/C5H6Cl2S2/c1-3-2-8-5(9-3)4(6)7/h2,4-5H,1H3. The highest BCUT2D eigenvalue weighted by Crippen LogP contribution is 2.43. The Morgan fingerprint density at radius 3 is 2.56 bits per heavy atom. The summed E-state index contributed by atoms with van der Waals surface area (Å²) in [6, 6.07) is 0. The lowest BCUT2D eigenvalue weighted by molar-refractivity contribution is 1.34. The highest BCUT2D eigenvalue weighted by molar-refractivity contribution is 8.23. The first-order chi connectivity index (χ1) is 4.20. The predicted molar refractivity (Wildman–Crippen MR) is 48.2 cm³/mol. The average molecular weight is 201 g/mol. The number of thioether (sulfide) groups is 2. The maximum absolute atomic E-state index is 5.64. The number of alkyl halides is 2. The van der Waals surface area contributed by atoms with Crippen molar-refractivity contribution in [2.45, 2.75) is 16.3 Å². The summed E-state index contributed by atoms with van der Waals surface area (Å²) in [6.07, 6.45) is 0. The van der Waals surface area contributed by atoms with Gasteiger partial charge in [-0.3, -0.25) is 0 Å². The fourth-order valence-corrected chi connectivity index (χ4v) is 3.32. The van der Waals surface area contributed by atoms with Crippen molar-refractivity contribution < 1.29 is 0 Å². The zero-order valence-corrected chi connectivity index (χ0v) is 7.95. The Bertz CT molecular complexity index is 133. The van der Waals surface area contributed by atoms with Crippen molar-refractivity contribution >= 4 is 46.7 Å². The molecule has 0 fully saturated rings. The van der Waals surface area contributed by atoms with Gasteiger partial charge in [0.05, 0.1) is 4.58 Å². The Morgan fingerprint density at radius 2 is 2.33 bits per heavy atom. The third-order valence-electron chi connectivity index (χ3n) is 0.876. The fraction of sp³-hybridized carbons (Fsp3) is 0.600. The third-order valence-corrected chi connectivity index (χ3v) is 4.77. The largest absolute Gasteiger partial charge is 0.129 e. The molecule has 0 nitrogen and oxygen atoms in total. The van der Waals surface area contributed by atoms with Crippen molar-refractivity contribution in [1.82, 2.24) is 0 Å². The minimum atomic E-state index is -0.256. The molecular formula is C5H6Cl2S2. The Kier molecular flexibility index (Phi) is 3.09. The molecule has 0 aromatic rings. The summed E-state index contributed by atoms with van der Waals surface area (Å²) >= 11 is 14.7. The van der Waals surface area contributed by atoms with Crippen LogP contribution in [-0.2, 0) is 0 Å². The lowest BCUT2D eigenvalue weighted by Crippen LogP contribution is -2.02. The van der Waals surface area contributed by atoms with E-state index in [0.717, 1.165) is 0 Å². The van der Waals surface area contributed by atoms with Gasteiger partial charge < -0.3 is 0 Å². The van der Waals surface area contributed by atoms with Crippen molar-refractivity contribution in [3.05, 3.63) is 10.3 Å². The van der Waals surface area contributed by atoms with Gasteiger partial charge in [-0.15, -0.1) is 46.7 Å². The number of hydrogen-bond donors (Lipinski definition) is 0. The summed E-state index contributed by atoms with van der Waals surface area (Å²) in [7, 11) is 0. The van der Waals surface area contributed by atoms with Crippen LogP contribution in [0.4, 0.5) is 0 Å². The molecule has 0 radical (unpaired) electrons. The summed E-state index contributed by atoms with van der Waals surface area (Å²) in [6.45, 7) is 2.06. The van der Waals surface area contributed by atoms with Crippen LogP contribution in [0.3, 0.4) is 0 Å². The molecule has 0 aromatic carbocycles. The molecule has 52 valence electrons. The monoisotopic (exact) mass is 200 g/mol. The summed E-state index contributed by atoms with van der Waals surface area (Å²) in [5, 5.41) is 2.09. The second kappa shape index (κ2) is 3.42. The van der Waals surface area contributed by atoms with E-state index in [9.17, 15) is 0 Å². The van der Waals surface area contributed by atoms with Crippen LogP contribution in [0.2, 0.25) is 0 Å². The van der Waals surface area contributed by atoms with Gasteiger partial charge in [0.25, 0.3) is 0 Å². The Hall–Kier alpha value is 1.02. The lowest BCUT2D eigenvalue weighted by Gasteiger charge is -2.06. The van der Waals surface area contributed by atoms with E-state index in [1.807, 2.05) is 0 Å². The molecule has 0 saturated carbocycles. The maximum Gasteiger partial charge on any atom is 0.129 e. The smallest absolute Gasteiger partial charge is 0.116 e. The molecule has 0 aliphatic carbocycles. The van der Waals surface area contributed by atoms with E-state index in [0.29, 0.717) is 4.58 Å². The van der Waals surface area contributed by atoms with E-state index in [4.69, 9.17) is 23.2 Å². The maximum atomic E-state index is 5.64. The molecule has 1 aliphatic rings. The first-order valence-corrected chi connectivity index (χ1v) is 5.17. The molecule has 0 N–H and O–H groups in total. The van der Waals surface area contributed by atoms with Crippen LogP contribution in [0.15, 0.2) is 10.3 Å². The topological polar surface area (TPSA) is 0 Å². The molecule has 0 saturated heterocycles. The lowest BCUT2D eigenvalue weighted by atomic mass is 10.8. The minimum absolute atomic E-state index is 0.256. The van der Waals surface area contributed by atoms with Crippen molar-refractivity contribution in [3.63, 3.8) is 0 Å². The van der Waals surface area contributed by atoms with Gasteiger partial charge in [0.15, 0.2) is 0 Å². The van der Waals surface area contributed by atoms with Gasteiger partial charge in [-0.2, -0.15) is 0 Å². The Balaban J connectivity index is 2.37. The Morgan fingerprint density at radius 1 is 1.67 bits per heavy atom. The molecular weight excluding hydrogens is 195 g/mol. The highest BCUT2D eigenvalue weighted by atomic mass is 35.5. The van der Waals surface area contributed by atoms with Crippen LogP contribution in [-0.4, -0.2) is 9.42 Å². The summed E-state index contributed by atoms with van der Waals surface area (Å²) in [5.74, 6) is 0. The van der Waals surface area contributed by atoms with E-state index < -0.39 is 0 Å². The van der Waals surface area contributed by atoms with Gasteiger partial charge in [0.1, 0.15) is 4.84 Å². The molecule has 0 bridgehead atoms. The molecule has 0 spiro atoms. The SMILES string of the molecule is CC1=CSC(C(Cl)Cl)S1. The van der Waals surface area contributed by atoms with Crippen LogP contribution in [0.1, 0.15) is 6.92 Å². The normalized spacial score (nSPS) is 27.1. The van der Waals surface area contributed by atoms with Gasteiger partial charge in [-0.1, -0.05) is 0 Å². The summed E-state index contributed by atoms with van der Waals surface area (Å²) in [5.41, 5.74) is 0. The third kappa shape index (κ3) is 2.26. The molecule has 1 aliphatic heterocycles. The van der Waals surface area contributed by atoms with Gasteiger partial charge in [-0.25, -0.2) is 0 Å². The quantitative estimate of drug-likeness (QED) is 0.596. The van der Waals surface area contributed by atoms with Crippen molar-refractivity contribution in [1.29, 1.82) is 0 Å². The second-order valence-electron chi connectivity index (χ2n) is 1.69. The number of halogens is 2. The Labute approximate surface area is 73.4 Å². The molecule has 1 rings (SSSR count). The van der Waals surface area contributed by atoms with Gasteiger partial charge in [0.2, 0.25) is 0 Å². The zero-order valence-electron chi connectivity index (χ0n) is 4.80. The van der Waals surface area contributed by atoms with Crippen LogP contribution < -0.4 is 0 Å². The minimum Gasteiger partial charge on any atom is -0.116 e. The molecule has 1 atom stereocenters. The average Bonchev–Trinajstić information content (AvgIpc) is 2.14. The molecule has 1 heterocycles. The summed E-state index contributed by atoms with van der Waals surface area (Å²) < 4.78 is 0.313. The predicted octanol–water partition coefficient (Wildman–Crippen LogP) is 3.46. The van der Waals surface area contributed by atoms with E-state index in [2.05, 4.69) is 12.3 Å². The molecule has 0 amide bonds. The van der Waals surface area contributed by atoms with E-state index in [-0.39, 0.29) is 4.84 Å². The first kappa shape index (κ1) is 8.12. The molecule has 4 heteroatoms. The molecule has 0 aromatic heterocycles. The number of allylic oxidation sites excluding steroid dienone is 1. The fourth-order valence-electron chi connectivity index (χ4n) is 0.512. The van der Waals surface area contributed by atoms with Crippen LogP contribution >= 0.6 is 46.7 Å². The number of hydrogen-bond acceptors (Lipinski definition) is 2. The molecule has 1 unspecified atom stereocenters. The highest BCUT2D eigenvalue weighted by Gasteiger charge is 2.21. The van der Waals surface area contributed by atoms with Crippen LogP contribution in [0, 0.1) is 0 Å². The summed E-state index contributed by atoms with van der Waals surface area (Å²) in [4.78, 5) is 1.05. The van der Waals surface area contributed by atoms with E-state index >= 15 is 0 Å². The van der Waals surface area contributed by atoms with Gasteiger partial charge in [-0.05, 0) is 17.2 Å². The zero-order chi connectivity index (χ0) is 6.85. The van der Waals surface area contributed by atoms with Crippen LogP contribution in [0.5, 0.6) is 0 Å². The van der Waals surface area contributed by atoms with Gasteiger partial charge in [0, 0.05) is 0 Å². The van der Waals surface area contributed by atoms with Crippen molar-refractivity contribution in [3.8, 4) is 0 Å². The first-order valence-electron chi connectivity index (χ1n) is 2.47. The van der Waals surface area contributed by atoms with Crippen molar-refractivity contribution in [2.75, 3.05) is 0 Å². The van der Waals surface area contributed by atoms with Crippen LogP contribution in [0.25, 0.3) is 0 Å².